The molecule has 0 radical (unpaired) electrons. The number of hydrogen-bond donors (Lipinski definition) is 3. The molecule has 2 rings (SSSR count). The van der Waals surface area contributed by atoms with Crippen LogP contribution in [0.25, 0.3) is 0 Å². The van der Waals surface area contributed by atoms with Gasteiger partial charge in [-0.25, -0.2) is 17.6 Å². The third-order valence-corrected chi connectivity index (χ3v) is 3.62. The summed E-state index contributed by atoms with van der Waals surface area (Å²) in [5.41, 5.74) is -1.82. The SMILES string of the molecule is CC(CO)(c1cc(F)c(O)c(F)c1)c1cc(F)c(O)c(F)c1. The Hall–Kier alpha value is -2.28. The average molecular weight is 316 g/mol. The predicted molar refractivity (Wildman–Crippen MR) is 69.6 cm³/mol. The van der Waals surface area contributed by atoms with Crippen LogP contribution in [0.1, 0.15) is 18.1 Å². The number of phenols is 2. The van der Waals surface area contributed by atoms with Gasteiger partial charge in [-0.1, -0.05) is 0 Å². The van der Waals surface area contributed by atoms with Gasteiger partial charge in [-0.05, 0) is 42.3 Å². The zero-order chi connectivity index (χ0) is 16.7. The molecule has 0 aliphatic heterocycles. The molecule has 0 aromatic heterocycles. The molecule has 0 fully saturated rings. The van der Waals surface area contributed by atoms with E-state index in [0.29, 0.717) is 0 Å². The molecule has 0 atom stereocenters. The Morgan fingerprint density at radius 2 is 1.05 bits per heavy atom. The van der Waals surface area contributed by atoms with Crippen LogP contribution in [0.4, 0.5) is 17.6 Å². The first kappa shape index (κ1) is 16.1. The Morgan fingerprint density at radius 1 is 0.773 bits per heavy atom. The van der Waals surface area contributed by atoms with E-state index in [2.05, 4.69) is 0 Å². The van der Waals surface area contributed by atoms with E-state index < -0.39 is 46.8 Å². The lowest BCUT2D eigenvalue weighted by Gasteiger charge is -2.29. The number of halogens is 4. The van der Waals surface area contributed by atoms with Crippen LogP contribution in [0.3, 0.4) is 0 Å². The van der Waals surface area contributed by atoms with E-state index in [-0.39, 0.29) is 11.1 Å². The summed E-state index contributed by atoms with van der Waals surface area (Å²) in [7, 11) is 0. The second kappa shape index (κ2) is 5.49. The van der Waals surface area contributed by atoms with Crippen LogP contribution in [0.5, 0.6) is 11.5 Å². The van der Waals surface area contributed by atoms with Gasteiger partial charge in [0.15, 0.2) is 34.8 Å². The molecule has 0 unspecified atom stereocenters. The smallest absolute Gasteiger partial charge is 0.187 e. The van der Waals surface area contributed by atoms with Crippen LogP contribution >= 0.6 is 0 Å². The van der Waals surface area contributed by atoms with Gasteiger partial charge in [0, 0.05) is 5.41 Å². The van der Waals surface area contributed by atoms with Crippen LogP contribution in [-0.4, -0.2) is 21.9 Å². The lowest BCUT2D eigenvalue weighted by molar-refractivity contribution is 0.229. The van der Waals surface area contributed by atoms with Crippen LogP contribution in [0.15, 0.2) is 24.3 Å². The standard InChI is InChI=1S/C15H12F4O3/c1-15(6-20,7-2-9(16)13(21)10(17)3-7)8-4-11(18)14(22)12(19)5-8/h2-5,20-22H,6H2,1H3. The Morgan fingerprint density at radius 3 is 1.27 bits per heavy atom. The van der Waals surface area contributed by atoms with Gasteiger partial charge in [0.1, 0.15) is 0 Å². The van der Waals surface area contributed by atoms with Crippen molar-refractivity contribution in [1.29, 1.82) is 0 Å². The van der Waals surface area contributed by atoms with Gasteiger partial charge in [-0.15, -0.1) is 0 Å². The molecule has 0 heterocycles. The van der Waals surface area contributed by atoms with Gasteiger partial charge in [-0.2, -0.15) is 0 Å². The van der Waals surface area contributed by atoms with E-state index in [0.717, 1.165) is 24.3 Å². The third kappa shape index (κ3) is 2.48. The van der Waals surface area contributed by atoms with Gasteiger partial charge in [-0.3, -0.25) is 0 Å². The fraction of sp³-hybridized carbons (Fsp3) is 0.200. The monoisotopic (exact) mass is 316 g/mol. The van der Waals surface area contributed by atoms with E-state index >= 15 is 0 Å². The van der Waals surface area contributed by atoms with E-state index in [4.69, 9.17) is 10.2 Å². The molecular formula is C15H12F4O3. The molecule has 0 bridgehead atoms. The Bertz CT molecular complexity index is 627. The number of aliphatic hydroxyl groups excluding tert-OH is 1. The summed E-state index contributed by atoms with van der Waals surface area (Å²) in [6, 6.07) is 3.04. The Kier molecular flexibility index (Phi) is 4.02. The maximum Gasteiger partial charge on any atom is 0.187 e. The van der Waals surface area contributed by atoms with Gasteiger partial charge in [0.05, 0.1) is 6.61 Å². The number of rotatable bonds is 3. The third-order valence-electron chi connectivity index (χ3n) is 3.62. The number of hydrogen-bond acceptors (Lipinski definition) is 3. The van der Waals surface area contributed by atoms with Gasteiger partial charge >= 0.3 is 0 Å². The lowest BCUT2D eigenvalue weighted by Crippen LogP contribution is -2.29. The van der Waals surface area contributed by atoms with Crippen molar-refractivity contribution in [3.63, 3.8) is 0 Å². The highest BCUT2D eigenvalue weighted by molar-refractivity contribution is 5.44. The maximum atomic E-state index is 13.5. The minimum atomic E-state index is -1.55. The molecular weight excluding hydrogens is 304 g/mol. The molecule has 0 aliphatic carbocycles. The minimum Gasteiger partial charge on any atom is -0.503 e. The highest BCUT2D eigenvalue weighted by atomic mass is 19.1. The summed E-state index contributed by atoms with van der Waals surface area (Å²) in [6.07, 6.45) is 0. The van der Waals surface area contributed by atoms with Crippen LogP contribution < -0.4 is 0 Å². The Balaban J connectivity index is 2.68. The highest BCUT2D eigenvalue weighted by Gasteiger charge is 2.32. The van der Waals surface area contributed by atoms with Crippen LogP contribution in [0, 0.1) is 23.3 Å². The summed E-state index contributed by atoms with van der Waals surface area (Å²) >= 11 is 0. The summed E-state index contributed by atoms with van der Waals surface area (Å²) < 4.78 is 53.9. The summed E-state index contributed by atoms with van der Waals surface area (Å²) in [5, 5.41) is 27.8. The fourth-order valence-corrected chi connectivity index (χ4v) is 2.12. The average Bonchev–Trinajstić information content (AvgIpc) is 2.48. The van der Waals surface area contributed by atoms with Gasteiger partial charge < -0.3 is 15.3 Å². The molecule has 0 saturated heterocycles. The second-order valence-electron chi connectivity index (χ2n) is 5.07. The van der Waals surface area contributed by atoms with Crippen molar-refractivity contribution in [2.45, 2.75) is 12.3 Å². The molecule has 7 heteroatoms. The second-order valence-corrected chi connectivity index (χ2v) is 5.07. The van der Waals surface area contributed by atoms with Crippen molar-refractivity contribution in [3.05, 3.63) is 58.7 Å². The molecule has 0 amide bonds. The maximum absolute atomic E-state index is 13.5. The lowest BCUT2D eigenvalue weighted by atomic mass is 9.76. The zero-order valence-corrected chi connectivity index (χ0v) is 11.4. The van der Waals surface area contributed by atoms with Crippen molar-refractivity contribution >= 4 is 0 Å². The number of aliphatic hydroxyl groups is 1. The van der Waals surface area contributed by atoms with E-state index in [1.165, 1.54) is 6.92 Å². The van der Waals surface area contributed by atoms with Crippen LogP contribution in [-0.2, 0) is 5.41 Å². The number of phenolic OH excluding ortho intramolecular Hbond substituents is 2. The molecule has 0 aliphatic rings. The first-order chi connectivity index (χ1) is 10.2. The topological polar surface area (TPSA) is 60.7 Å². The number of aromatic hydroxyl groups is 2. The molecule has 3 N–H and O–H groups in total. The van der Waals surface area contributed by atoms with E-state index in [1.807, 2.05) is 0 Å². The van der Waals surface area contributed by atoms with Gasteiger partial charge in [0.25, 0.3) is 0 Å². The summed E-state index contributed by atoms with van der Waals surface area (Å²) in [6.45, 7) is 0.587. The molecule has 0 saturated carbocycles. The molecule has 118 valence electrons. The minimum absolute atomic E-state index is 0.132. The molecule has 0 spiro atoms. The fourth-order valence-electron chi connectivity index (χ4n) is 2.12. The zero-order valence-electron chi connectivity index (χ0n) is 11.4. The molecule has 3 nitrogen and oxygen atoms in total. The predicted octanol–water partition coefficient (Wildman–Crippen LogP) is 2.95. The molecule has 2 aromatic carbocycles. The molecule has 2 aromatic rings. The Labute approximate surface area is 123 Å². The largest absolute Gasteiger partial charge is 0.503 e. The number of benzene rings is 2. The van der Waals surface area contributed by atoms with Crippen molar-refractivity contribution in [1.82, 2.24) is 0 Å². The first-order valence-electron chi connectivity index (χ1n) is 6.18. The quantitative estimate of drug-likeness (QED) is 0.763. The van der Waals surface area contributed by atoms with Gasteiger partial charge in [0.2, 0.25) is 0 Å². The van der Waals surface area contributed by atoms with Crippen LogP contribution in [0.2, 0.25) is 0 Å². The van der Waals surface area contributed by atoms with Crippen molar-refractivity contribution < 1.29 is 32.9 Å². The summed E-state index contributed by atoms with van der Waals surface area (Å²) in [4.78, 5) is 0. The van der Waals surface area contributed by atoms with E-state index in [9.17, 15) is 22.7 Å². The van der Waals surface area contributed by atoms with Crippen molar-refractivity contribution in [2.75, 3.05) is 6.61 Å². The van der Waals surface area contributed by atoms with E-state index in [1.54, 1.807) is 0 Å². The first-order valence-corrected chi connectivity index (χ1v) is 6.18. The highest BCUT2D eigenvalue weighted by Crippen LogP contribution is 2.37. The summed E-state index contributed by atoms with van der Waals surface area (Å²) in [5.74, 6) is -7.45. The van der Waals surface area contributed by atoms with Crippen molar-refractivity contribution in [3.8, 4) is 11.5 Å². The normalized spacial score (nSPS) is 11.7. The molecule has 22 heavy (non-hydrogen) atoms. The van der Waals surface area contributed by atoms with Crippen molar-refractivity contribution in [2.24, 2.45) is 0 Å².